The van der Waals surface area contributed by atoms with Crippen molar-refractivity contribution in [1.82, 2.24) is 0 Å². The first-order valence-electron chi connectivity index (χ1n) is 6.80. The van der Waals surface area contributed by atoms with Crippen LogP contribution in [0.4, 0.5) is 0 Å². The van der Waals surface area contributed by atoms with Gasteiger partial charge in [-0.25, -0.2) is 0 Å². The quantitative estimate of drug-likeness (QED) is 0.912. The topological polar surface area (TPSA) is 47.6 Å². The van der Waals surface area contributed by atoms with Crippen LogP contribution < -0.4 is 21.0 Å². The van der Waals surface area contributed by atoms with E-state index < -0.39 is 0 Å². The van der Waals surface area contributed by atoms with Gasteiger partial charge in [-0.2, -0.15) is 0 Å². The largest absolute Gasteiger partial charge is 0.488 e. The van der Waals surface area contributed by atoms with E-state index in [0.29, 0.717) is 6.61 Å². The van der Waals surface area contributed by atoms with Crippen LogP contribution in [-0.4, -0.2) is 12.6 Å². The Morgan fingerprint density at radius 3 is 3.05 bits per heavy atom. The van der Waals surface area contributed by atoms with Gasteiger partial charge in [-0.15, -0.1) is 11.3 Å². The summed E-state index contributed by atoms with van der Waals surface area (Å²) in [6, 6.07) is 10.4. The molecule has 2 N–H and O–H groups in total. The summed E-state index contributed by atoms with van der Waals surface area (Å²) in [4.78, 5) is 5.77. The first-order chi connectivity index (χ1) is 9.72. The molecular weight excluding hydrogens is 268 g/mol. The van der Waals surface area contributed by atoms with Gasteiger partial charge in [-0.3, -0.25) is 4.99 Å². The third-order valence-electron chi connectivity index (χ3n) is 3.32. The number of hydrogen-bond acceptors (Lipinski definition) is 4. The molecule has 0 unspecified atom stereocenters. The average molecular weight is 286 g/mol. The van der Waals surface area contributed by atoms with Gasteiger partial charge in [0.05, 0.1) is 11.9 Å². The van der Waals surface area contributed by atoms with Crippen molar-refractivity contribution in [2.45, 2.75) is 26.0 Å². The molecule has 104 valence electrons. The van der Waals surface area contributed by atoms with Crippen molar-refractivity contribution >= 4 is 16.9 Å². The van der Waals surface area contributed by atoms with Crippen molar-refractivity contribution in [3.63, 3.8) is 0 Å². The molecule has 0 saturated carbocycles. The smallest absolute Gasteiger partial charge is 0.122 e. The minimum absolute atomic E-state index is 0.168. The van der Waals surface area contributed by atoms with Crippen LogP contribution in [0, 0.1) is 0 Å². The van der Waals surface area contributed by atoms with E-state index in [-0.39, 0.29) is 6.04 Å². The van der Waals surface area contributed by atoms with Crippen LogP contribution in [0.3, 0.4) is 0 Å². The van der Waals surface area contributed by atoms with Crippen LogP contribution in [0.5, 0.6) is 5.75 Å². The summed E-state index contributed by atoms with van der Waals surface area (Å²) >= 11 is 1.71. The summed E-state index contributed by atoms with van der Waals surface area (Å²) in [5.41, 5.74) is 7.21. The van der Waals surface area contributed by atoms with Gasteiger partial charge in [0.25, 0.3) is 0 Å². The number of fused-ring (bicyclic) bond motifs is 1. The van der Waals surface area contributed by atoms with Gasteiger partial charge in [-0.05, 0) is 48.6 Å². The maximum absolute atomic E-state index is 5.90. The summed E-state index contributed by atoms with van der Waals surface area (Å²) in [6.07, 6.45) is 0.894. The molecule has 1 aromatic carbocycles. The van der Waals surface area contributed by atoms with Crippen molar-refractivity contribution in [1.29, 1.82) is 0 Å². The maximum Gasteiger partial charge on any atom is 0.122 e. The first kappa shape index (κ1) is 13.3. The van der Waals surface area contributed by atoms with Gasteiger partial charge >= 0.3 is 0 Å². The summed E-state index contributed by atoms with van der Waals surface area (Å²) in [6.45, 7) is 3.42. The lowest BCUT2D eigenvalue weighted by atomic mass is 10.1. The number of nitrogens with two attached hydrogens (primary N) is 1. The predicted octanol–water partition coefficient (Wildman–Crippen LogP) is 1.85. The van der Waals surface area contributed by atoms with E-state index in [1.165, 1.54) is 15.7 Å². The lowest BCUT2D eigenvalue weighted by Crippen LogP contribution is -2.25. The fourth-order valence-corrected chi connectivity index (χ4v) is 3.02. The summed E-state index contributed by atoms with van der Waals surface area (Å²) in [5.74, 6) is 0.899. The summed E-state index contributed by atoms with van der Waals surface area (Å²) in [5, 5.41) is 4.32. The molecule has 3 nitrogen and oxygen atoms in total. The van der Waals surface area contributed by atoms with Crippen LogP contribution in [0.25, 0.3) is 5.57 Å². The average Bonchev–Trinajstić information content (AvgIpc) is 3.06. The number of benzene rings is 1. The Kier molecular flexibility index (Phi) is 3.85. The highest BCUT2D eigenvalue weighted by atomic mass is 32.1. The Morgan fingerprint density at radius 1 is 1.40 bits per heavy atom. The van der Waals surface area contributed by atoms with E-state index in [9.17, 15) is 0 Å². The third-order valence-corrected chi connectivity index (χ3v) is 4.17. The molecule has 0 radical (unpaired) electrons. The van der Waals surface area contributed by atoms with E-state index in [1.54, 1.807) is 11.3 Å². The molecule has 0 amide bonds. The molecule has 0 aliphatic carbocycles. The van der Waals surface area contributed by atoms with E-state index >= 15 is 0 Å². The van der Waals surface area contributed by atoms with Crippen LogP contribution in [0.2, 0.25) is 0 Å². The Bertz CT molecular complexity index is 705. The molecule has 0 spiro atoms. The number of rotatable bonds is 5. The second-order valence-corrected chi connectivity index (χ2v) is 6.18. The van der Waals surface area contributed by atoms with Gasteiger partial charge in [-0.1, -0.05) is 6.07 Å². The molecule has 1 aliphatic rings. The van der Waals surface area contributed by atoms with Crippen molar-refractivity contribution < 1.29 is 4.74 Å². The molecular formula is C16H18N2OS. The standard InChI is InChI=1S/C16H18N2OS/c1-11(17)7-12-9-18-16-5-4-13(8-15(12)16)19-10-14-3-2-6-20-14/h2-6,8,11H,7,9-10,17H2,1H3/t11-/m0/s1. The lowest BCUT2D eigenvalue weighted by Gasteiger charge is -2.06. The van der Waals surface area contributed by atoms with E-state index in [4.69, 9.17) is 10.5 Å². The Hall–Kier alpha value is -1.65. The predicted molar refractivity (Wildman–Crippen MR) is 82.4 cm³/mol. The van der Waals surface area contributed by atoms with Crippen LogP contribution >= 0.6 is 11.3 Å². The van der Waals surface area contributed by atoms with Gasteiger partial charge in [0.2, 0.25) is 0 Å². The monoisotopic (exact) mass is 286 g/mol. The zero-order chi connectivity index (χ0) is 13.9. The van der Waals surface area contributed by atoms with E-state index in [0.717, 1.165) is 24.1 Å². The SMILES string of the molecule is C[C@H](N)CC1=c2cc(OCc3cccs3)ccc2=NC1. The van der Waals surface area contributed by atoms with Gasteiger partial charge in [0.1, 0.15) is 12.4 Å². The molecule has 4 heteroatoms. The zero-order valence-electron chi connectivity index (χ0n) is 11.5. The third kappa shape index (κ3) is 2.92. The number of ether oxygens (including phenoxy) is 1. The van der Waals surface area contributed by atoms with Crippen LogP contribution in [0.15, 0.2) is 40.7 Å². The molecule has 0 bridgehead atoms. The van der Waals surface area contributed by atoms with Crippen LogP contribution in [0.1, 0.15) is 18.2 Å². The fraction of sp³-hybridized carbons (Fsp3) is 0.312. The Morgan fingerprint density at radius 2 is 2.30 bits per heavy atom. The van der Waals surface area contributed by atoms with Crippen molar-refractivity contribution in [2.24, 2.45) is 10.7 Å². The Labute approximate surface area is 122 Å². The van der Waals surface area contributed by atoms with Crippen molar-refractivity contribution in [3.8, 4) is 5.75 Å². The highest BCUT2D eigenvalue weighted by Crippen LogP contribution is 2.14. The molecule has 0 saturated heterocycles. The molecule has 0 fully saturated rings. The number of thiophene rings is 1. The van der Waals surface area contributed by atoms with Crippen molar-refractivity contribution in [3.05, 3.63) is 51.2 Å². The van der Waals surface area contributed by atoms with E-state index in [1.807, 2.05) is 25.1 Å². The molecule has 1 atom stereocenters. The minimum Gasteiger partial charge on any atom is -0.488 e. The number of hydrogen-bond donors (Lipinski definition) is 1. The first-order valence-corrected chi connectivity index (χ1v) is 7.68. The van der Waals surface area contributed by atoms with E-state index in [2.05, 4.69) is 22.5 Å². The molecule has 2 heterocycles. The molecule has 3 rings (SSSR count). The van der Waals surface area contributed by atoms with Crippen molar-refractivity contribution in [2.75, 3.05) is 6.54 Å². The fourth-order valence-electron chi connectivity index (χ4n) is 2.40. The summed E-state index contributed by atoms with van der Waals surface area (Å²) in [7, 11) is 0. The normalized spacial score (nSPS) is 14.8. The number of nitrogens with zero attached hydrogens (tertiary/aromatic N) is 1. The molecule has 1 aliphatic heterocycles. The molecule has 20 heavy (non-hydrogen) atoms. The second kappa shape index (κ2) is 5.77. The van der Waals surface area contributed by atoms with Gasteiger partial charge < -0.3 is 10.5 Å². The summed E-state index contributed by atoms with van der Waals surface area (Å²) < 4.78 is 5.85. The molecule has 2 aromatic rings. The maximum atomic E-state index is 5.90. The highest BCUT2D eigenvalue weighted by molar-refractivity contribution is 7.09. The lowest BCUT2D eigenvalue weighted by molar-refractivity contribution is 0.309. The van der Waals surface area contributed by atoms with Gasteiger partial charge in [0, 0.05) is 16.1 Å². The van der Waals surface area contributed by atoms with Crippen LogP contribution in [-0.2, 0) is 6.61 Å². The second-order valence-electron chi connectivity index (χ2n) is 5.15. The minimum atomic E-state index is 0.168. The zero-order valence-corrected chi connectivity index (χ0v) is 12.3. The van der Waals surface area contributed by atoms with Gasteiger partial charge in [0.15, 0.2) is 0 Å². The molecule has 1 aromatic heterocycles. The Balaban J connectivity index is 1.83. The highest BCUT2D eigenvalue weighted by Gasteiger charge is 2.09.